The van der Waals surface area contributed by atoms with Crippen molar-refractivity contribution in [3.8, 4) is 17.2 Å². The summed E-state index contributed by atoms with van der Waals surface area (Å²) in [7, 11) is 1.63. The van der Waals surface area contributed by atoms with Gasteiger partial charge in [-0.25, -0.2) is 4.39 Å². The monoisotopic (exact) mass is 470 g/mol. The van der Waals surface area contributed by atoms with Gasteiger partial charge < -0.3 is 19.7 Å². The summed E-state index contributed by atoms with van der Waals surface area (Å²) >= 11 is 0. The lowest BCUT2D eigenvalue weighted by atomic mass is 10.2. The van der Waals surface area contributed by atoms with Crippen molar-refractivity contribution >= 4 is 23.2 Å². The van der Waals surface area contributed by atoms with Gasteiger partial charge in [-0.15, -0.1) is 0 Å². The number of rotatable bonds is 8. The first kappa shape index (κ1) is 23.5. The summed E-state index contributed by atoms with van der Waals surface area (Å²) in [5.74, 6) is 0.636. The number of para-hydroxylation sites is 3. The number of carbonyl (C=O) groups excluding carboxylic acids is 2. The largest absolute Gasteiger partial charge is 0.484 e. The van der Waals surface area contributed by atoms with Gasteiger partial charge in [0.05, 0.1) is 5.69 Å². The minimum atomic E-state index is -0.401. The zero-order valence-electron chi connectivity index (χ0n) is 19.0. The van der Waals surface area contributed by atoms with Crippen molar-refractivity contribution in [2.75, 3.05) is 23.9 Å². The lowest BCUT2D eigenvalue weighted by molar-refractivity contribution is -0.118. The summed E-state index contributed by atoms with van der Waals surface area (Å²) in [6, 6.07) is 28.6. The molecule has 4 aromatic rings. The number of anilines is 2. The third-order valence-corrected chi connectivity index (χ3v) is 5.12. The molecule has 0 atom stereocenters. The summed E-state index contributed by atoms with van der Waals surface area (Å²) in [6.45, 7) is -0.205. The molecule has 0 fully saturated rings. The van der Waals surface area contributed by atoms with Crippen LogP contribution >= 0.6 is 0 Å². The van der Waals surface area contributed by atoms with Gasteiger partial charge in [0.1, 0.15) is 17.3 Å². The molecule has 0 aliphatic heterocycles. The van der Waals surface area contributed by atoms with E-state index in [0.717, 1.165) is 0 Å². The molecule has 0 saturated heterocycles. The Balaban J connectivity index is 1.33. The van der Waals surface area contributed by atoms with Gasteiger partial charge in [0.2, 0.25) is 0 Å². The SMILES string of the molecule is CN(C(=O)c1ccc(F)cc1)c1ccc(OCC(=O)Nc2ccccc2Oc2ccccc2)cc1. The Morgan fingerprint density at radius 1 is 0.800 bits per heavy atom. The maximum atomic E-state index is 13.1. The van der Waals surface area contributed by atoms with E-state index in [2.05, 4.69) is 5.32 Å². The highest BCUT2D eigenvalue weighted by Gasteiger charge is 2.14. The number of amides is 2. The second-order valence-electron chi connectivity index (χ2n) is 7.61. The van der Waals surface area contributed by atoms with Gasteiger partial charge in [0, 0.05) is 18.3 Å². The van der Waals surface area contributed by atoms with Crippen LogP contribution in [0.4, 0.5) is 15.8 Å². The van der Waals surface area contributed by atoms with Crippen molar-refractivity contribution in [3.63, 3.8) is 0 Å². The van der Waals surface area contributed by atoms with E-state index in [4.69, 9.17) is 9.47 Å². The average Bonchev–Trinajstić information content (AvgIpc) is 2.89. The van der Waals surface area contributed by atoms with E-state index in [9.17, 15) is 14.0 Å². The summed E-state index contributed by atoms with van der Waals surface area (Å²) in [5.41, 5.74) is 1.53. The van der Waals surface area contributed by atoms with E-state index in [1.54, 1.807) is 49.5 Å². The third-order valence-electron chi connectivity index (χ3n) is 5.12. The number of nitrogens with zero attached hydrogens (tertiary/aromatic N) is 1. The molecule has 7 heteroatoms. The Morgan fingerprint density at radius 3 is 2.17 bits per heavy atom. The molecule has 6 nitrogen and oxygen atoms in total. The molecular formula is C28H23FN2O4. The van der Waals surface area contributed by atoms with Crippen molar-refractivity contribution in [2.24, 2.45) is 0 Å². The zero-order chi connectivity index (χ0) is 24.6. The fraction of sp³-hybridized carbons (Fsp3) is 0.0714. The molecule has 0 aromatic heterocycles. The summed E-state index contributed by atoms with van der Waals surface area (Å²) in [4.78, 5) is 26.5. The van der Waals surface area contributed by atoms with Crippen LogP contribution in [0.1, 0.15) is 10.4 Å². The average molecular weight is 471 g/mol. The molecule has 0 bridgehead atoms. The van der Waals surface area contributed by atoms with Crippen molar-refractivity contribution in [3.05, 3.63) is 115 Å². The Morgan fingerprint density at radius 2 is 1.46 bits per heavy atom. The lowest BCUT2D eigenvalue weighted by Gasteiger charge is -2.18. The quantitative estimate of drug-likeness (QED) is 0.348. The van der Waals surface area contributed by atoms with Crippen LogP contribution in [0.15, 0.2) is 103 Å². The lowest BCUT2D eigenvalue weighted by Crippen LogP contribution is -2.26. The first-order valence-electron chi connectivity index (χ1n) is 10.9. The van der Waals surface area contributed by atoms with Crippen molar-refractivity contribution < 1.29 is 23.5 Å². The Kier molecular flexibility index (Phi) is 7.37. The van der Waals surface area contributed by atoms with Crippen LogP contribution in [0.3, 0.4) is 0 Å². The van der Waals surface area contributed by atoms with Crippen LogP contribution in [0.25, 0.3) is 0 Å². The van der Waals surface area contributed by atoms with E-state index in [-0.39, 0.29) is 18.4 Å². The second kappa shape index (κ2) is 11.0. The Bertz CT molecular complexity index is 1290. The number of hydrogen-bond donors (Lipinski definition) is 1. The van der Waals surface area contributed by atoms with Gasteiger partial charge in [0.25, 0.3) is 11.8 Å². The predicted octanol–water partition coefficient (Wildman–Crippen LogP) is 5.91. The molecule has 1 N–H and O–H groups in total. The van der Waals surface area contributed by atoms with Crippen molar-refractivity contribution in [2.45, 2.75) is 0 Å². The number of carbonyl (C=O) groups is 2. The topological polar surface area (TPSA) is 67.9 Å². The molecule has 0 saturated carbocycles. The van der Waals surface area contributed by atoms with E-state index in [0.29, 0.717) is 34.2 Å². The maximum Gasteiger partial charge on any atom is 0.262 e. The molecule has 4 rings (SSSR count). The molecule has 4 aromatic carbocycles. The smallest absolute Gasteiger partial charge is 0.262 e. The number of ether oxygens (including phenoxy) is 2. The summed E-state index contributed by atoms with van der Waals surface area (Å²) in [6.07, 6.45) is 0. The molecule has 0 heterocycles. The Hall–Kier alpha value is -4.65. The summed E-state index contributed by atoms with van der Waals surface area (Å²) in [5, 5.41) is 2.80. The predicted molar refractivity (Wildman–Crippen MR) is 133 cm³/mol. The van der Waals surface area contributed by atoms with Gasteiger partial charge >= 0.3 is 0 Å². The van der Waals surface area contributed by atoms with Crippen LogP contribution in [0, 0.1) is 5.82 Å². The molecule has 2 amide bonds. The van der Waals surface area contributed by atoms with Crippen LogP contribution in [0.5, 0.6) is 17.2 Å². The molecule has 176 valence electrons. The molecule has 0 aliphatic carbocycles. The summed E-state index contributed by atoms with van der Waals surface area (Å²) < 4.78 is 24.6. The van der Waals surface area contributed by atoms with Gasteiger partial charge in [-0.2, -0.15) is 0 Å². The van der Waals surface area contributed by atoms with Crippen LogP contribution < -0.4 is 19.7 Å². The third kappa shape index (κ3) is 6.23. The minimum Gasteiger partial charge on any atom is -0.484 e. The molecule has 0 aliphatic rings. The van der Waals surface area contributed by atoms with E-state index < -0.39 is 5.82 Å². The van der Waals surface area contributed by atoms with Gasteiger partial charge in [0.15, 0.2) is 12.4 Å². The van der Waals surface area contributed by atoms with Gasteiger partial charge in [-0.3, -0.25) is 9.59 Å². The Labute approximate surface area is 202 Å². The first-order chi connectivity index (χ1) is 17.0. The van der Waals surface area contributed by atoms with E-state index in [1.807, 2.05) is 36.4 Å². The van der Waals surface area contributed by atoms with Crippen molar-refractivity contribution in [1.82, 2.24) is 0 Å². The number of halogens is 1. The molecular weight excluding hydrogens is 447 g/mol. The van der Waals surface area contributed by atoms with Crippen LogP contribution in [-0.4, -0.2) is 25.5 Å². The molecule has 35 heavy (non-hydrogen) atoms. The highest BCUT2D eigenvalue weighted by atomic mass is 19.1. The van der Waals surface area contributed by atoms with E-state index in [1.165, 1.54) is 29.2 Å². The standard InChI is InChI=1S/C28H23FN2O4/c1-31(28(33)20-11-13-21(29)14-12-20)22-15-17-23(18-16-22)34-19-27(32)30-25-9-5-6-10-26(25)35-24-7-3-2-4-8-24/h2-18H,19H2,1H3,(H,30,32). The molecule has 0 radical (unpaired) electrons. The second-order valence-corrected chi connectivity index (χ2v) is 7.61. The molecule has 0 spiro atoms. The minimum absolute atomic E-state index is 0.205. The first-order valence-corrected chi connectivity index (χ1v) is 10.9. The maximum absolute atomic E-state index is 13.1. The fourth-order valence-corrected chi connectivity index (χ4v) is 3.28. The zero-order valence-corrected chi connectivity index (χ0v) is 19.0. The van der Waals surface area contributed by atoms with Crippen LogP contribution in [0.2, 0.25) is 0 Å². The van der Waals surface area contributed by atoms with Crippen molar-refractivity contribution in [1.29, 1.82) is 0 Å². The highest BCUT2D eigenvalue weighted by Crippen LogP contribution is 2.29. The van der Waals surface area contributed by atoms with Gasteiger partial charge in [-0.05, 0) is 72.8 Å². The number of nitrogens with one attached hydrogen (secondary N) is 1. The van der Waals surface area contributed by atoms with E-state index >= 15 is 0 Å². The number of hydrogen-bond acceptors (Lipinski definition) is 4. The van der Waals surface area contributed by atoms with Gasteiger partial charge in [-0.1, -0.05) is 30.3 Å². The molecule has 0 unspecified atom stereocenters. The fourth-order valence-electron chi connectivity index (χ4n) is 3.28. The number of benzene rings is 4. The normalized spacial score (nSPS) is 10.3. The van der Waals surface area contributed by atoms with Crippen LogP contribution in [-0.2, 0) is 4.79 Å². The highest BCUT2D eigenvalue weighted by molar-refractivity contribution is 6.05.